The van der Waals surface area contributed by atoms with Crippen molar-refractivity contribution < 1.29 is 29.0 Å². The molecule has 1 fully saturated rings. The Morgan fingerprint density at radius 2 is 1.63 bits per heavy atom. The van der Waals surface area contributed by atoms with E-state index in [9.17, 15) is 14.4 Å². The molecule has 2 aliphatic carbocycles. The number of benzene rings is 2. The highest BCUT2D eigenvalue weighted by Gasteiger charge is 2.32. The molecule has 35 heavy (non-hydrogen) atoms. The molecule has 0 aliphatic heterocycles. The van der Waals surface area contributed by atoms with Gasteiger partial charge >= 0.3 is 12.1 Å². The normalized spacial score (nSPS) is 18.5. The minimum atomic E-state index is -0.912. The molecule has 0 bridgehead atoms. The van der Waals surface area contributed by atoms with E-state index in [1.807, 2.05) is 24.3 Å². The number of fused-ring (bicyclic) bond motifs is 3. The maximum absolute atomic E-state index is 12.6. The van der Waals surface area contributed by atoms with Crippen LogP contribution in [0, 0.1) is 5.92 Å². The van der Waals surface area contributed by atoms with Gasteiger partial charge in [-0.05, 0) is 41.0 Å². The smallest absolute Gasteiger partial charge is 0.407 e. The first-order valence-corrected chi connectivity index (χ1v) is 12.2. The lowest BCUT2D eigenvalue weighted by Crippen LogP contribution is -2.40. The first-order chi connectivity index (χ1) is 17.0. The van der Waals surface area contributed by atoms with E-state index >= 15 is 0 Å². The third-order valence-electron chi connectivity index (χ3n) is 6.78. The second kappa shape index (κ2) is 11.8. The average Bonchev–Trinajstić information content (AvgIpc) is 3.41. The van der Waals surface area contributed by atoms with E-state index in [0.717, 1.165) is 19.3 Å². The van der Waals surface area contributed by atoms with Crippen LogP contribution in [-0.4, -0.2) is 55.5 Å². The van der Waals surface area contributed by atoms with E-state index < -0.39 is 12.1 Å². The predicted molar refractivity (Wildman–Crippen MR) is 130 cm³/mol. The first-order valence-electron chi connectivity index (χ1n) is 12.2. The zero-order valence-electron chi connectivity index (χ0n) is 19.7. The van der Waals surface area contributed by atoms with Crippen molar-refractivity contribution in [3.63, 3.8) is 0 Å². The van der Waals surface area contributed by atoms with Crippen molar-refractivity contribution in [2.75, 3.05) is 26.4 Å². The minimum absolute atomic E-state index is 0.0102. The van der Waals surface area contributed by atoms with Crippen LogP contribution in [0.15, 0.2) is 48.5 Å². The third kappa shape index (κ3) is 6.39. The van der Waals surface area contributed by atoms with E-state index in [0.29, 0.717) is 13.0 Å². The quantitative estimate of drug-likeness (QED) is 0.423. The largest absolute Gasteiger partial charge is 0.481 e. The topological polar surface area (TPSA) is 114 Å². The number of carbonyl (C=O) groups excluding carboxylic acids is 2. The zero-order chi connectivity index (χ0) is 24.6. The first kappa shape index (κ1) is 24.7. The molecule has 2 aromatic rings. The predicted octanol–water partition coefficient (Wildman–Crippen LogP) is 3.69. The number of carboxylic acid groups (broad SMARTS) is 1. The van der Waals surface area contributed by atoms with E-state index in [1.165, 1.54) is 22.3 Å². The standard InChI is InChI=1S/C27H32N2O6/c30-25(28-13-15-34-14-12-26(31)32)16-18-6-5-11-24(18)29-27(33)35-17-23-21-9-3-1-7-19(21)20-8-2-4-10-22(20)23/h1-4,7-10,18,23-24H,5-6,11-17H2,(H,28,30)(H,29,33)(H,31,32)/t18-,24+/m0/s1. The maximum Gasteiger partial charge on any atom is 0.407 e. The fraction of sp³-hybridized carbons (Fsp3) is 0.444. The van der Waals surface area contributed by atoms with Gasteiger partial charge < -0.3 is 25.2 Å². The van der Waals surface area contributed by atoms with Crippen molar-refractivity contribution in [2.45, 2.75) is 44.1 Å². The van der Waals surface area contributed by atoms with Crippen LogP contribution in [0.25, 0.3) is 11.1 Å². The maximum atomic E-state index is 12.6. The summed E-state index contributed by atoms with van der Waals surface area (Å²) in [5.41, 5.74) is 4.71. The van der Waals surface area contributed by atoms with Gasteiger partial charge in [0.05, 0.1) is 19.6 Å². The molecule has 2 aliphatic rings. The number of aliphatic carboxylic acids is 1. The number of ether oxygens (including phenoxy) is 2. The summed E-state index contributed by atoms with van der Waals surface area (Å²) in [5, 5.41) is 14.4. The Bertz CT molecular complexity index is 1010. The van der Waals surface area contributed by atoms with Crippen LogP contribution in [0.2, 0.25) is 0 Å². The van der Waals surface area contributed by atoms with Gasteiger partial charge in [-0.15, -0.1) is 0 Å². The van der Waals surface area contributed by atoms with Crippen LogP contribution in [0.3, 0.4) is 0 Å². The van der Waals surface area contributed by atoms with Crippen LogP contribution in [0.4, 0.5) is 4.79 Å². The van der Waals surface area contributed by atoms with Crippen LogP contribution in [0.1, 0.15) is 49.1 Å². The summed E-state index contributed by atoms with van der Waals surface area (Å²) in [6.45, 7) is 0.986. The molecule has 0 unspecified atom stereocenters. The molecular weight excluding hydrogens is 448 g/mol. The van der Waals surface area contributed by atoms with Crippen LogP contribution in [0.5, 0.6) is 0 Å². The number of hydrogen-bond acceptors (Lipinski definition) is 5. The molecule has 0 spiro atoms. The van der Waals surface area contributed by atoms with Gasteiger partial charge in [0.2, 0.25) is 5.91 Å². The lowest BCUT2D eigenvalue weighted by molar-refractivity contribution is -0.138. The van der Waals surface area contributed by atoms with E-state index in [2.05, 4.69) is 34.9 Å². The van der Waals surface area contributed by atoms with Crippen molar-refractivity contribution in [3.05, 3.63) is 59.7 Å². The lowest BCUT2D eigenvalue weighted by atomic mass is 9.98. The zero-order valence-corrected chi connectivity index (χ0v) is 19.7. The third-order valence-corrected chi connectivity index (χ3v) is 6.78. The highest BCUT2D eigenvalue weighted by atomic mass is 16.5. The van der Waals surface area contributed by atoms with Crippen molar-refractivity contribution >= 4 is 18.0 Å². The van der Waals surface area contributed by atoms with E-state index in [1.54, 1.807) is 0 Å². The summed E-state index contributed by atoms with van der Waals surface area (Å²) in [6.07, 6.45) is 2.46. The Hall–Kier alpha value is -3.39. The van der Waals surface area contributed by atoms with Crippen molar-refractivity contribution in [1.29, 1.82) is 0 Å². The summed E-state index contributed by atoms with van der Waals surface area (Å²) in [4.78, 5) is 35.4. The second-order valence-corrected chi connectivity index (χ2v) is 9.08. The lowest BCUT2D eigenvalue weighted by Gasteiger charge is -2.21. The molecule has 2 aromatic carbocycles. The summed E-state index contributed by atoms with van der Waals surface area (Å²) >= 11 is 0. The van der Waals surface area contributed by atoms with E-state index in [4.69, 9.17) is 14.6 Å². The van der Waals surface area contributed by atoms with Crippen molar-refractivity contribution in [2.24, 2.45) is 5.92 Å². The van der Waals surface area contributed by atoms with Crippen molar-refractivity contribution in [3.8, 4) is 11.1 Å². The Balaban J connectivity index is 1.22. The van der Waals surface area contributed by atoms with Crippen LogP contribution >= 0.6 is 0 Å². The number of alkyl carbamates (subject to hydrolysis) is 1. The summed E-state index contributed by atoms with van der Waals surface area (Å²) < 4.78 is 10.8. The molecule has 2 amide bonds. The molecule has 3 N–H and O–H groups in total. The van der Waals surface area contributed by atoms with Gasteiger partial charge in [0.25, 0.3) is 0 Å². The molecular formula is C27H32N2O6. The second-order valence-electron chi connectivity index (χ2n) is 9.08. The fourth-order valence-corrected chi connectivity index (χ4v) is 5.10. The molecule has 186 valence electrons. The van der Waals surface area contributed by atoms with Gasteiger partial charge in [-0.1, -0.05) is 55.0 Å². The minimum Gasteiger partial charge on any atom is -0.481 e. The van der Waals surface area contributed by atoms with E-state index in [-0.39, 0.29) is 50.0 Å². The molecule has 0 radical (unpaired) electrons. The van der Waals surface area contributed by atoms with Gasteiger partial charge in [0, 0.05) is 24.9 Å². The number of amides is 2. The highest BCUT2D eigenvalue weighted by molar-refractivity contribution is 5.79. The number of hydrogen-bond donors (Lipinski definition) is 3. The number of carbonyl (C=O) groups is 3. The summed E-state index contributed by atoms with van der Waals surface area (Å²) in [5.74, 6) is -0.942. The summed E-state index contributed by atoms with van der Waals surface area (Å²) in [7, 11) is 0. The molecule has 0 aromatic heterocycles. The summed E-state index contributed by atoms with van der Waals surface area (Å²) in [6, 6.07) is 16.3. The highest BCUT2D eigenvalue weighted by Crippen LogP contribution is 2.44. The Kier molecular flexibility index (Phi) is 8.36. The molecule has 8 nitrogen and oxygen atoms in total. The van der Waals surface area contributed by atoms with Crippen LogP contribution in [-0.2, 0) is 19.1 Å². The fourth-order valence-electron chi connectivity index (χ4n) is 5.10. The average molecular weight is 481 g/mol. The van der Waals surface area contributed by atoms with Gasteiger partial charge in [0.15, 0.2) is 0 Å². The molecule has 4 rings (SSSR count). The number of rotatable bonds is 11. The Morgan fingerprint density at radius 1 is 0.943 bits per heavy atom. The van der Waals surface area contributed by atoms with Gasteiger partial charge in [-0.2, -0.15) is 0 Å². The number of nitrogens with one attached hydrogen (secondary N) is 2. The Morgan fingerprint density at radius 3 is 2.31 bits per heavy atom. The molecule has 0 saturated heterocycles. The molecule has 2 atom stereocenters. The number of carboxylic acids is 1. The van der Waals surface area contributed by atoms with Crippen molar-refractivity contribution in [1.82, 2.24) is 10.6 Å². The molecule has 8 heteroatoms. The molecule has 0 heterocycles. The van der Waals surface area contributed by atoms with Gasteiger partial charge in [0.1, 0.15) is 6.61 Å². The van der Waals surface area contributed by atoms with Crippen LogP contribution < -0.4 is 10.6 Å². The van der Waals surface area contributed by atoms with Gasteiger partial charge in [-0.3, -0.25) is 9.59 Å². The van der Waals surface area contributed by atoms with Gasteiger partial charge in [-0.25, -0.2) is 4.79 Å². The SMILES string of the molecule is O=C(O)CCOCCNC(=O)C[C@@H]1CCC[C@H]1NC(=O)OCC1c2ccccc2-c2ccccc21. The Labute approximate surface area is 205 Å². The molecule has 1 saturated carbocycles. The monoisotopic (exact) mass is 480 g/mol.